The number of benzene rings is 1. The van der Waals surface area contributed by atoms with Crippen LogP contribution < -0.4 is 10.6 Å². The van der Waals surface area contributed by atoms with Crippen molar-refractivity contribution in [2.24, 2.45) is 4.99 Å². The highest BCUT2D eigenvalue weighted by Gasteiger charge is 2.16. The van der Waals surface area contributed by atoms with Crippen molar-refractivity contribution in [3.8, 4) is 0 Å². The summed E-state index contributed by atoms with van der Waals surface area (Å²) in [6.07, 6.45) is 4.85. The molecule has 0 aromatic heterocycles. The van der Waals surface area contributed by atoms with Crippen molar-refractivity contribution in [3.63, 3.8) is 0 Å². The summed E-state index contributed by atoms with van der Waals surface area (Å²) in [7, 11) is 3.51. The molecule has 0 radical (unpaired) electrons. The van der Waals surface area contributed by atoms with Gasteiger partial charge in [0.15, 0.2) is 5.96 Å². The maximum absolute atomic E-state index is 11.8. The lowest BCUT2D eigenvalue weighted by Gasteiger charge is -2.18. The van der Waals surface area contributed by atoms with Gasteiger partial charge in [-0.1, -0.05) is 40.9 Å². The quantitative estimate of drug-likeness (QED) is 0.365. The summed E-state index contributed by atoms with van der Waals surface area (Å²) in [6, 6.07) is 8.58. The van der Waals surface area contributed by atoms with Gasteiger partial charge in [-0.05, 0) is 30.5 Å². The van der Waals surface area contributed by atoms with Crippen LogP contribution >= 0.6 is 39.9 Å². The average Bonchev–Trinajstić information content (AvgIpc) is 3.04. The molecule has 24 heavy (non-hydrogen) atoms. The fourth-order valence-corrected chi connectivity index (χ4v) is 2.76. The monoisotopic (exact) mass is 508 g/mol. The normalized spacial score (nSPS) is 14.9. The molecule has 1 saturated carbocycles. The van der Waals surface area contributed by atoms with Gasteiger partial charge in [-0.2, -0.15) is 0 Å². The zero-order chi connectivity index (χ0) is 16.7. The molecule has 0 atom stereocenters. The fourth-order valence-electron chi connectivity index (χ4n) is 2.49. The fraction of sp³-hybridized carbons (Fsp3) is 0.529. The SMILES string of the molecule is CN(C)C(=O)CNC(=NCc1ccc(Br)cc1)NC1CCCC1.I. The first-order valence-corrected chi connectivity index (χ1v) is 8.83. The summed E-state index contributed by atoms with van der Waals surface area (Å²) >= 11 is 3.44. The largest absolute Gasteiger partial charge is 0.354 e. The van der Waals surface area contributed by atoms with E-state index in [-0.39, 0.29) is 36.4 Å². The minimum atomic E-state index is 0. The Labute approximate surface area is 169 Å². The summed E-state index contributed by atoms with van der Waals surface area (Å²) in [5.74, 6) is 0.754. The average molecular weight is 509 g/mol. The number of nitrogens with zero attached hydrogens (tertiary/aromatic N) is 2. The molecule has 2 N–H and O–H groups in total. The van der Waals surface area contributed by atoms with Crippen LogP contribution in [-0.4, -0.2) is 43.4 Å². The van der Waals surface area contributed by atoms with Gasteiger partial charge in [0, 0.05) is 24.6 Å². The molecule has 0 spiro atoms. The summed E-state index contributed by atoms with van der Waals surface area (Å²) in [6.45, 7) is 0.845. The second-order valence-electron chi connectivity index (χ2n) is 6.06. The second-order valence-corrected chi connectivity index (χ2v) is 6.97. The smallest absolute Gasteiger partial charge is 0.241 e. The van der Waals surface area contributed by atoms with E-state index in [2.05, 4.69) is 31.6 Å². The predicted molar refractivity (Wildman–Crippen MR) is 113 cm³/mol. The molecule has 1 aromatic carbocycles. The molecule has 0 bridgehead atoms. The van der Waals surface area contributed by atoms with Crippen molar-refractivity contribution in [3.05, 3.63) is 34.3 Å². The number of hydrogen-bond donors (Lipinski definition) is 2. The molecule has 1 aliphatic rings. The number of amides is 1. The van der Waals surface area contributed by atoms with Crippen molar-refractivity contribution in [1.29, 1.82) is 0 Å². The van der Waals surface area contributed by atoms with E-state index in [1.54, 1.807) is 19.0 Å². The molecule has 1 amide bonds. The van der Waals surface area contributed by atoms with Crippen molar-refractivity contribution in [1.82, 2.24) is 15.5 Å². The summed E-state index contributed by atoms with van der Waals surface area (Å²) in [5, 5.41) is 6.60. The third-order valence-electron chi connectivity index (χ3n) is 3.93. The molecule has 2 rings (SSSR count). The molecular formula is C17H26BrIN4O. The first kappa shape index (κ1) is 21.2. The van der Waals surface area contributed by atoms with Crippen molar-refractivity contribution in [2.45, 2.75) is 38.3 Å². The van der Waals surface area contributed by atoms with Crippen molar-refractivity contribution < 1.29 is 4.79 Å². The highest BCUT2D eigenvalue weighted by molar-refractivity contribution is 14.0. The third kappa shape index (κ3) is 7.38. The highest BCUT2D eigenvalue weighted by Crippen LogP contribution is 2.17. The van der Waals surface area contributed by atoms with Crippen LogP contribution in [0.4, 0.5) is 0 Å². The van der Waals surface area contributed by atoms with E-state index < -0.39 is 0 Å². The Bertz CT molecular complexity index is 542. The lowest BCUT2D eigenvalue weighted by molar-refractivity contribution is -0.127. The van der Waals surface area contributed by atoms with Crippen LogP contribution in [0.2, 0.25) is 0 Å². The molecule has 0 unspecified atom stereocenters. The van der Waals surface area contributed by atoms with E-state index in [0.29, 0.717) is 12.6 Å². The van der Waals surface area contributed by atoms with E-state index >= 15 is 0 Å². The zero-order valence-electron chi connectivity index (χ0n) is 14.2. The van der Waals surface area contributed by atoms with Crippen molar-refractivity contribution in [2.75, 3.05) is 20.6 Å². The van der Waals surface area contributed by atoms with E-state index in [1.807, 2.05) is 24.3 Å². The van der Waals surface area contributed by atoms with Crippen LogP contribution in [0.15, 0.2) is 33.7 Å². The summed E-state index contributed by atoms with van der Waals surface area (Å²) in [5.41, 5.74) is 1.14. The Hall–Kier alpha value is -0.830. The van der Waals surface area contributed by atoms with Crippen LogP contribution in [0.1, 0.15) is 31.2 Å². The van der Waals surface area contributed by atoms with Crippen LogP contribution in [-0.2, 0) is 11.3 Å². The molecule has 1 aromatic rings. The summed E-state index contributed by atoms with van der Waals surface area (Å²) < 4.78 is 1.06. The van der Waals surface area contributed by atoms with Gasteiger partial charge in [0.05, 0.1) is 13.1 Å². The maximum atomic E-state index is 11.8. The molecule has 0 aliphatic heterocycles. The first-order chi connectivity index (χ1) is 11.0. The topological polar surface area (TPSA) is 56.7 Å². The molecule has 1 aliphatic carbocycles. The Kier molecular flexibility index (Phi) is 9.65. The molecule has 5 nitrogen and oxygen atoms in total. The van der Waals surface area contributed by atoms with Gasteiger partial charge < -0.3 is 15.5 Å². The molecule has 0 saturated heterocycles. The Morgan fingerprint density at radius 1 is 1.25 bits per heavy atom. The van der Waals surface area contributed by atoms with Crippen LogP contribution in [0.5, 0.6) is 0 Å². The van der Waals surface area contributed by atoms with Gasteiger partial charge in [0.25, 0.3) is 0 Å². The minimum Gasteiger partial charge on any atom is -0.354 e. The van der Waals surface area contributed by atoms with Gasteiger partial charge in [-0.15, -0.1) is 24.0 Å². The van der Waals surface area contributed by atoms with Gasteiger partial charge in [0.1, 0.15) is 0 Å². The minimum absolute atomic E-state index is 0. The number of nitrogens with one attached hydrogen (secondary N) is 2. The number of hydrogen-bond acceptors (Lipinski definition) is 2. The number of rotatable bonds is 5. The lowest BCUT2D eigenvalue weighted by atomic mass is 10.2. The molecule has 7 heteroatoms. The van der Waals surface area contributed by atoms with Gasteiger partial charge in [-0.3, -0.25) is 4.79 Å². The number of carbonyl (C=O) groups excluding carboxylic acids is 1. The van der Waals surface area contributed by atoms with E-state index in [4.69, 9.17) is 0 Å². The predicted octanol–water partition coefficient (Wildman–Crippen LogP) is 3.13. The molecule has 0 heterocycles. The Morgan fingerprint density at radius 3 is 2.46 bits per heavy atom. The number of halogens is 2. The summed E-state index contributed by atoms with van der Waals surface area (Å²) in [4.78, 5) is 18.0. The zero-order valence-corrected chi connectivity index (χ0v) is 18.1. The molecule has 1 fully saturated rings. The number of carbonyl (C=O) groups is 1. The second kappa shape index (κ2) is 10.9. The lowest BCUT2D eigenvalue weighted by Crippen LogP contribution is -2.46. The number of aliphatic imine (C=N–C) groups is 1. The highest BCUT2D eigenvalue weighted by atomic mass is 127. The Balaban J connectivity index is 0.00000288. The standard InChI is InChI=1S/C17H25BrN4O.HI/c1-22(2)16(23)12-20-17(21-15-5-3-4-6-15)19-11-13-7-9-14(18)10-8-13;/h7-10,15H,3-6,11-12H2,1-2H3,(H2,19,20,21);1H. The van der Waals surface area contributed by atoms with Gasteiger partial charge in [-0.25, -0.2) is 4.99 Å². The molecular weight excluding hydrogens is 483 g/mol. The van der Waals surface area contributed by atoms with Crippen LogP contribution in [0.25, 0.3) is 0 Å². The third-order valence-corrected chi connectivity index (χ3v) is 4.46. The number of guanidine groups is 1. The van der Waals surface area contributed by atoms with E-state index in [9.17, 15) is 4.79 Å². The van der Waals surface area contributed by atoms with Crippen LogP contribution in [0.3, 0.4) is 0 Å². The van der Waals surface area contributed by atoms with Crippen LogP contribution in [0, 0.1) is 0 Å². The van der Waals surface area contributed by atoms with Crippen molar-refractivity contribution >= 4 is 51.8 Å². The van der Waals surface area contributed by atoms with Gasteiger partial charge >= 0.3 is 0 Å². The van der Waals surface area contributed by atoms with E-state index in [1.165, 1.54) is 25.7 Å². The first-order valence-electron chi connectivity index (χ1n) is 8.04. The maximum Gasteiger partial charge on any atom is 0.241 e. The number of likely N-dealkylation sites (N-methyl/N-ethyl adjacent to an activating group) is 1. The van der Waals surface area contributed by atoms with E-state index in [0.717, 1.165) is 16.0 Å². The Morgan fingerprint density at radius 2 is 1.88 bits per heavy atom. The molecule has 134 valence electrons. The van der Waals surface area contributed by atoms with Gasteiger partial charge in [0.2, 0.25) is 5.91 Å².